The third-order valence-electron chi connectivity index (χ3n) is 5.25. The second kappa shape index (κ2) is 8.37. The van der Waals surface area contributed by atoms with Gasteiger partial charge < -0.3 is 19.7 Å². The first-order chi connectivity index (χ1) is 13.6. The Balaban J connectivity index is 1.44. The van der Waals surface area contributed by atoms with Gasteiger partial charge in [-0.25, -0.2) is 4.39 Å². The number of carbonyl (C=O) groups is 1. The normalized spacial score (nSPS) is 21.2. The maximum atomic E-state index is 13.3. The molecule has 2 aliphatic rings. The molecule has 1 fully saturated rings. The Morgan fingerprint density at radius 1 is 1.14 bits per heavy atom. The second-order valence-electron chi connectivity index (χ2n) is 7.21. The summed E-state index contributed by atoms with van der Waals surface area (Å²) in [5.41, 5.74) is 1.66. The molecule has 2 aliphatic heterocycles. The van der Waals surface area contributed by atoms with Crippen LogP contribution in [-0.2, 0) is 4.79 Å². The van der Waals surface area contributed by atoms with E-state index in [4.69, 9.17) is 21.1 Å². The molecule has 2 aromatic carbocycles. The number of fused-ring (bicyclic) bond motifs is 1. The van der Waals surface area contributed by atoms with Gasteiger partial charge in [0.25, 0.3) is 5.91 Å². The van der Waals surface area contributed by atoms with Gasteiger partial charge >= 0.3 is 0 Å². The molecule has 2 heterocycles. The van der Waals surface area contributed by atoms with Gasteiger partial charge in [0.05, 0.1) is 24.8 Å². The molecular weight excluding hydrogens is 383 g/mol. The number of quaternary nitrogens is 1. The third-order valence-corrected chi connectivity index (χ3v) is 5.54. The van der Waals surface area contributed by atoms with Crippen LogP contribution in [0.25, 0.3) is 0 Å². The van der Waals surface area contributed by atoms with Crippen LogP contribution < -0.4 is 19.7 Å². The number of hydrogen-bond acceptors (Lipinski definition) is 3. The van der Waals surface area contributed by atoms with Crippen molar-refractivity contribution in [2.24, 2.45) is 0 Å². The Morgan fingerprint density at radius 2 is 1.96 bits per heavy atom. The van der Waals surface area contributed by atoms with Crippen molar-refractivity contribution in [3.05, 3.63) is 52.8 Å². The minimum atomic E-state index is -0.501. The first-order valence-electron chi connectivity index (χ1n) is 9.59. The lowest BCUT2D eigenvalue weighted by Crippen LogP contribution is -3.11. The van der Waals surface area contributed by atoms with Gasteiger partial charge in [-0.05, 0) is 36.4 Å². The zero-order valence-corrected chi connectivity index (χ0v) is 16.2. The fourth-order valence-corrected chi connectivity index (χ4v) is 4.09. The van der Waals surface area contributed by atoms with Gasteiger partial charge in [0, 0.05) is 30.5 Å². The molecule has 1 amide bonds. The molecule has 0 aliphatic carbocycles. The van der Waals surface area contributed by atoms with Crippen molar-refractivity contribution in [1.29, 1.82) is 0 Å². The number of likely N-dealkylation sites (tertiary alicyclic amines) is 1. The second-order valence-corrected chi connectivity index (χ2v) is 7.62. The molecule has 2 aromatic rings. The fraction of sp³-hybridized carbons (Fsp3) is 0.381. The van der Waals surface area contributed by atoms with Crippen molar-refractivity contribution in [3.8, 4) is 11.5 Å². The summed E-state index contributed by atoms with van der Waals surface area (Å²) in [5.74, 6) is 0.955. The molecule has 7 heteroatoms. The molecule has 0 radical (unpaired) electrons. The Labute approximate surface area is 168 Å². The fourth-order valence-electron chi connectivity index (χ4n) is 3.91. The lowest BCUT2D eigenvalue weighted by molar-refractivity contribution is -0.910. The monoisotopic (exact) mass is 405 g/mol. The first-order valence-corrected chi connectivity index (χ1v) is 9.97. The average molecular weight is 406 g/mol. The summed E-state index contributed by atoms with van der Waals surface area (Å²) in [6, 6.07) is 10.5. The molecule has 0 aromatic heterocycles. The van der Waals surface area contributed by atoms with Crippen LogP contribution >= 0.6 is 11.6 Å². The maximum absolute atomic E-state index is 13.3. The van der Waals surface area contributed by atoms with Crippen LogP contribution in [0.5, 0.6) is 11.5 Å². The summed E-state index contributed by atoms with van der Waals surface area (Å²) in [6.45, 7) is 2.59. The smallest absolute Gasteiger partial charge is 0.279 e. The topological polar surface area (TPSA) is 52.0 Å². The van der Waals surface area contributed by atoms with Gasteiger partial charge in [0.1, 0.15) is 11.9 Å². The van der Waals surface area contributed by atoms with Gasteiger partial charge in [-0.2, -0.15) is 0 Å². The number of anilines is 1. The van der Waals surface area contributed by atoms with Crippen LogP contribution in [0.4, 0.5) is 10.1 Å². The van der Waals surface area contributed by atoms with Gasteiger partial charge in [-0.3, -0.25) is 4.79 Å². The molecule has 0 bridgehead atoms. The number of rotatable bonds is 4. The van der Waals surface area contributed by atoms with Crippen molar-refractivity contribution >= 4 is 23.2 Å². The van der Waals surface area contributed by atoms with Gasteiger partial charge in [0.15, 0.2) is 18.0 Å². The van der Waals surface area contributed by atoms with Gasteiger partial charge in [-0.15, -0.1) is 0 Å². The minimum absolute atomic E-state index is 0.00334. The van der Waals surface area contributed by atoms with E-state index in [2.05, 4.69) is 11.4 Å². The Bertz CT molecular complexity index is 877. The van der Waals surface area contributed by atoms with Crippen LogP contribution in [0.1, 0.15) is 30.9 Å². The Morgan fingerprint density at radius 3 is 2.79 bits per heavy atom. The maximum Gasteiger partial charge on any atom is 0.279 e. The van der Waals surface area contributed by atoms with E-state index < -0.39 is 5.82 Å². The highest BCUT2D eigenvalue weighted by atomic mass is 35.5. The van der Waals surface area contributed by atoms with Crippen LogP contribution in [-0.4, -0.2) is 32.2 Å². The number of benzene rings is 2. The highest BCUT2D eigenvalue weighted by Gasteiger charge is 2.32. The van der Waals surface area contributed by atoms with Crippen molar-refractivity contribution in [3.63, 3.8) is 0 Å². The number of carbonyl (C=O) groups excluding carboxylic acids is 1. The molecule has 0 saturated carbocycles. The molecule has 4 rings (SSSR count). The van der Waals surface area contributed by atoms with E-state index in [-0.39, 0.29) is 17.0 Å². The average Bonchev–Trinajstić information content (AvgIpc) is 3.00. The van der Waals surface area contributed by atoms with Gasteiger partial charge in [0.2, 0.25) is 0 Å². The zero-order chi connectivity index (χ0) is 19.5. The highest BCUT2D eigenvalue weighted by molar-refractivity contribution is 6.31. The predicted octanol–water partition coefficient (Wildman–Crippen LogP) is 3.00. The summed E-state index contributed by atoms with van der Waals surface area (Å²) in [4.78, 5) is 13.7. The van der Waals surface area contributed by atoms with E-state index in [9.17, 15) is 9.18 Å². The molecule has 0 spiro atoms. The van der Waals surface area contributed by atoms with E-state index >= 15 is 0 Å². The number of nitrogens with one attached hydrogen (secondary N) is 2. The molecule has 2 atom stereocenters. The summed E-state index contributed by atoms with van der Waals surface area (Å²) in [7, 11) is 0. The molecule has 2 N–H and O–H groups in total. The summed E-state index contributed by atoms with van der Waals surface area (Å²) < 4.78 is 24.8. The number of amides is 1. The zero-order valence-electron chi connectivity index (χ0n) is 15.5. The first kappa shape index (κ1) is 19.0. The van der Waals surface area contributed by atoms with Crippen molar-refractivity contribution in [1.82, 2.24) is 0 Å². The number of ether oxygens (including phenoxy) is 2. The van der Waals surface area contributed by atoms with Crippen molar-refractivity contribution in [2.45, 2.75) is 25.3 Å². The van der Waals surface area contributed by atoms with Crippen LogP contribution in [0, 0.1) is 5.82 Å². The van der Waals surface area contributed by atoms with Crippen molar-refractivity contribution < 1.29 is 23.6 Å². The Hall–Kier alpha value is -2.31. The van der Waals surface area contributed by atoms with Crippen LogP contribution in [0.3, 0.4) is 0 Å². The third kappa shape index (κ3) is 4.23. The summed E-state index contributed by atoms with van der Waals surface area (Å²) in [6.07, 6.45) is 2.95. The van der Waals surface area contributed by atoms with E-state index in [1.807, 2.05) is 12.1 Å². The minimum Gasteiger partial charge on any atom is -0.490 e. The SMILES string of the molecule is O=C(C[NH+]1CCC[C@@H]1c1ccc2c(c1)OCCCO2)Nc1ccc(F)c(Cl)c1. The van der Waals surface area contributed by atoms with E-state index in [0.717, 1.165) is 42.9 Å². The predicted molar refractivity (Wildman–Crippen MR) is 105 cm³/mol. The summed E-state index contributed by atoms with van der Waals surface area (Å²) >= 11 is 5.79. The molecule has 148 valence electrons. The van der Waals surface area contributed by atoms with E-state index in [1.165, 1.54) is 23.1 Å². The van der Waals surface area contributed by atoms with Gasteiger partial charge in [-0.1, -0.05) is 11.6 Å². The molecule has 28 heavy (non-hydrogen) atoms. The molecular formula is C21H23ClFN2O3+. The highest BCUT2D eigenvalue weighted by Crippen LogP contribution is 2.33. The standard InChI is InChI=1S/C21H22ClFN2O3/c22-16-12-15(5-6-17(16)23)24-21(26)13-25-8-1-3-18(25)14-4-7-19-20(11-14)28-10-2-9-27-19/h4-7,11-12,18H,1-3,8-10,13H2,(H,24,26)/p+1/t18-/m1/s1. The number of hydrogen-bond donors (Lipinski definition) is 2. The van der Waals surface area contributed by atoms with Crippen LogP contribution in [0.2, 0.25) is 5.02 Å². The molecule has 1 unspecified atom stereocenters. The van der Waals surface area contributed by atoms with Crippen molar-refractivity contribution in [2.75, 3.05) is 31.6 Å². The lowest BCUT2D eigenvalue weighted by Gasteiger charge is -2.22. The quantitative estimate of drug-likeness (QED) is 0.822. The van der Waals surface area contributed by atoms with E-state index in [0.29, 0.717) is 25.4 Å². The molecule has 5 nitrogen and oxygen atoms in total. The largest absolute Gasteiger partial charge is 0.490 e. The molecule has 1 saturated heterocycles. The number of halogens is 2. The van der Waals surface area contributed by atoms with E-state index in [1.54, 1.807) is 0 Å². The summed E-state index contributed by atoms with van der Waals surface area (Å²) in [5, 5.41) is 2.81. The van der Waals surface area contributed by atoms with Crippen LogP contribution in [0.15, 0.2) is 36.4 Å². The Kier molecular flexibility index (Phi) is 5.69. The lowest BCUT2D eigenvalue weighted by atomic mass is 10.0.